The monoisotopic (exact) mass is 326 g/mol. The summed E-state index contributed by atoms with van der Waals surface area (Å²) in [5.74, 6) is -0.345. The number of nitrogens with zero attached hydrogens (tertiary/aromatic N) is 3. The second kappa shape index (κ2) is 7.08. The molecule has 1 aliphatic rings. The van der Waals surface area contributed by atoms with Crippen molar-refractivity contribution in [3.8, 4) is 0 Å². The van der Waals surface area contributed by atoms with Crippen LogP contribution < -0.4 is 10.2 Å². The number of aromatic nitrogens is 2. The zero-order chi connectivity index (χ0) is 16.9. The first-order chi connectivity index (χ1) is 11.7. The third kappa shape index (κ3) is 3.34. The molecule has 7 nitrogen and oxygen atoms in total. The standard InChI is InChI=1S/C17H18N4O3/c1-24-16(23)12-6-2-3-7-13(12)19-15(22)14-8-9-18-17(20-14)21-10-4-5-11-21/h2-3,6-9H,4-5,10-11H2,1H3,(H,19,22). The third-order valence-corrected chi connectivity index (χ3v) is 3.84. The number of amides is 1. The lowest BCUT2D eigenvalue weighted by Crippen LogP contribution is -2.23. The molecule has 1 aliphatic heterocycles. The maximum absolute atomic E-state index is 12.5. The van der Waals surface area contributed by atoms with Crippen LogP contribution in [-0.2, 0) is 4.74 Å². The number of nitrogens with one attached hydrogen (secondary N) is 1. The molecule has 0 aliphatic carbocycles. The summed E-state index contributed by atoms with van der Waals surface area (Å²) in [6.45, 7) is 1.80. The van der Waals surface area contributed by atoms with E-state index in [4.69, 9.17) is 4.74 Å². The van der Waals surface area contributed by atoms with Crippen LogP contribution in [0.4, 0.5) is 11.6 Å². The molecular weight excluding hydrogens is 308 g/mol. The minimum atomic E-state index is -0.508. The Morgan fingerprint density at radius 2 is 1.92 bits per heavy atom. The molecule has 1 aromatic heterocycles. The molecule has 124 valence electrons. The molecule has 1 amide bonds. The Bertz CT molecular complexity index is 757. The summed E-state index contributed by atoms with van der Waals surface area (Å²) in [5.41, 5.74) is 0.935. The molecular formula is C17H18N4O3. The number of esters is 1. The number of carbonyl (C=O) groups is 2. The average molecular weight is 326 g/mol. The van der Waals surface area contributed by atoms with Gasteiger partial charge in [0.15, 0.2) is 0 Å². The van der Waals surface area contributed by atoms with Gasteiger partial charge in [0.05, 0.1) is 18.4 Å². The van der Waals surface area contributed by atoms with Gasteiger partial charge in [-0.1, -0.05) is 12.1 Å². The third-order valence-electron chi connectivity index (χ3n) is 3.84. The Labute approximate surface area is 139 Å². The number of benzene rings is 1. The van der Waals surface area contributed by atoms with Gasteiger partial charge in [-0.25, -0.2) is 14.8 Å². The molecule has 0 bridgehead atoms. The Hall–Kier alpha value is -2.96. The van der Waals surface area contributed by atoms with Crippen LogP contribution in [0.3, 0.4) is 0 Å². The lowest BCUT2D eigenvalue weighted by atomic mass is 10.1. The van der Waals surface area contributed by atoms with Crippen molar-refractivity contribution in [3.63, 3.8) is 0 Å². The van der Waals surface area contributed by atoms with Gasteiger partial charge in [-0.3, -0.25) is 4.79 Å². The van der Waals surface area contributed by atoms with E-state index < -0.39 is 11.9 Å². The first-order valence-electron chi connectivity index (χ1n) is 7.76. The summed E-state index contributed by atoms with van der Waals surface area (Å²) >= 11 is 0. The number of para-hydroxylation sites is 1. The van der Waals surface area contributed by atoms with Crippen molar-refractivity contribution in [2.24, 2.45) is 0 Å². The quantitative estimate of drug-likeness (QED) is 0.866. The number of methoxy groups -OCH3 is 1. The highest BCUT2D eigenvalue weighted by Gasteiger charge is 2.18. The summed E-state index contributed by atoms with van der Waals surface area (Å²) in [4.78, 5) is 34.9. The molecule has 2 aromatic rings. The van der Waals surface area contributed by atoms with E-state index in [-0.39, 0.29) is 5.69 Å². The van der Waals surface area contributed by atoms with Crippen LogP contribution in [0.15, 0.2) is 36.5 Å². The Morgan fingerprint density at radius 1 is 1.17 bits per heavy atom. The molecule has 1 N–H and O–H groups in total. The van der Waals surface area contributed by atoms with Crippen LogP contribution in [0.2, 0.25) is 0 Å². The van der Waals surface area contributed by atoms with Gasteiger partial charge in [0.1, 0.15) is 5.69 Å². The maximum atomic E-state index is 12.5. The van der Waals surface area contributed by atoms with Crippen molar-refractivity contribution >= 4 is 23.5 Å². The van der Waals surface area contributed by atoms with Gasteiger partial charge in [-0.2, -0.15) is 0 Å². The van der Waals surface area contributed by atoms with Gasteiger partial charge in [0.2, 0.25) is 5.95 Å². The van der Waals surface area contributed by atoms with Crippen LogP contribution in [0.5, 0.6) is 0 Å². The highest BCUT2D eigenvalue weighted by Crippen LogP contribution is 2.18. The van der Waals surface area contributed by atoms with Crippen LogP contribution in [0.1, 0.15) is 33.7 Å². The van der Waals surface area contributed by atoms with Crippen LogP contribution >= 0.6 is 0 Å². The van der Waals surface area contributed by atoms with E-state index in [1.165, 1.54) is 7.11 Å². The summed E-state index contributed by atoms with van der Waals surface area (Å²) in [6.07, 6.45) is 3.78. The Kier molecular flexibility index (Phi) is 4.69. The SMILES string of the molecule is COC(=O)c1ccccc1NC(=O)c1ccnc(N2CCCC2)n1. The van der Waals surface area contributed by atoms with Gasteiger partial charge in [-0.05, 0) is 31.0 Å². The van der Waals surface area contributed by atoms with E-state index in [1.807, 2.05) is 0 Å². The molecule has 0 radical (unpaired) electrons. The molecule has 1 fully saturated rings. The van der Waals surface area contributed by atoms with Gasteiger partial charge >= 0.3 is 5.97 Å². The minimum absolute atomic E-state index is 0.256. The fraction of sp³-hybridized carbons (Fsp3) is 0.294. The first-order valence-corrected chi connectivity index (χ1v) is 7.76. The molecule has 1 saturated heterocycles. The number of carbonyl (C=O) groups excluding carboxylic acids is 2. The molecule has 0 unspecified atom stereocenters. The fourth-order valence-corrected chi connectivity index (χ4v) is 2.61. The fourth-order valence-electron chi connectivity index (χ4n) is 2.61. The zero-order valence-corrected chi connectivity index (χ0v) is 13.4. The number of rotatable bonds is 4. The topological polar surface area (TPSA) is 84.4 Å². The van der Waals surface area contributed by atoms with Gasteiger partial charge in [0, 0.05) is 19.3 Å². The average Bonchev–Trinajstić information content (AvgIpc) is 3.16. The highest BCUT2D eigenvalue weighted by molar-refractivity contribution is 6.07. The minimum Gasteiger partial charge on any atom is -0.465 e. The summed E-state index contributed by atoms with van der Waals surface area (Å²) in [6, 6.07) is 8.23. The summed E-state index contributed by atoms with van der Waals surface area (Å²) in [5, 5.41) is 2.71. The lowest BCUT2D eigenvalue weighted by Gasteiger charge is -2.15. The van der Waals surface area contributed by atoms with E-state index in [1.54, 1.807) is 36.5 Å². The van der Waals surface area contributed by atoms with Crippen molar-refractivity contribution in [3.05, 3.63) is 47.8 Å². The molecule has 0 saturated carbocycles. The summed E-state index contributed by atoms with van der Waals surface area (Å²) in [7, 11) is 1.30. The first kappa shape index (κ1) is 15.9. The highest BCUT2D eigenvalue weighted by atomic mass is 16.5. The zero-order valence-electron chi connectivity index (χ0n) is 13.4. The van der Waals surface area contributed by atoms with Gasteiger partial charge < -0.3 is 15.0 Å². The predicted octanol–water partition coefficient (Wildman–Crippen LogP) is 2.12. The molecule has 7 heteroatoms. The number of anilines is 2. The molecule has 0 spiro atoms. The maximum Gasteiger partial charge on any atom is 0.339 e. The molecule has 2 heterocycles. The van der Waals surface area contributed by atoms with E-state index in [0.717, 1.165) is 25.9 Å². The molecule has 1 aromatic carbocycles. The van der Waals surface area contributed by atoms with Crippen molar-refractivity contribution in [1.82, 2.24) is 9.97 Å². The lowest BCUT2D eigenvalue weighted by molar-refractivity contribution is 0.0602. The van der Waals surface area contributed by atoms with E-state index in [9.17, 15) is 9.59 Å². The van der Waals surface area contributed by atoms with Gasteiger partial charge in [0.25, 0.3) is 5.91 Å². The number of hydrogen-bond acceptors (Lipinski definition) is 6. The Morgan fingerprint density at radius 3 is 2.67 bits per heavy atom. The number of hydrogen-bond donors (Lipinski definition) is 1. The number of ether oxygens (including phenoxy) is 1. The van der Waals surface area contributed by atoms with Crippen molar-refractivity contribution in [1.29, 1.82) is 0 Å². The van der Waals surface area contributed by atoms with E-state index in [0.29, 0.717) is 17.2 Å². The molecule has 0 atom stereocenters. The smallest absolute Gasteiger partial charge is 0.339 e. The summed E-state index contributed by atoms with van der Waals surface area (Å²) < 4.78 is 4.73. The normalized spacial score (nSPS) is 13.6. The van der Waals surface area contributed by atoms with E-state index in [2.05, 4.69) is 20.2 Å². The van der Waals surface area contributed by atoms with Gasteiger partial charge in [-0.15, -0.1) is 0 Å². The predicted molar refractivity (Wildman–Crippen MR) is 89.2 cm³/mol. The second-order valence-corrected chi connectivity index (χ2v) is 5.43. The van der Waals surface area contributed by atoms with E-state index >= 15 is 0 Å². The Balaban J connectivity index is 1.81. The van der Waals surface area contributed by atoms with Crippen molar-refractivity contribution in [2.45, 2.75) is 12.8 Å². The van der Waals surface area contributed by atoms with Crippen molar-refractivity contribution in [2.75, 3.05) is 30.4 Å². The van der Waals surface area contributed by atoms with Crippen LogP contribution in [0.25, 0.3) is 0 Å². The van der Waals surface area contributed by atoms with Crippen LogP contribution in [-0.4, -0.2) is 42.0 Å². The molecule has 24 heavy (non-hydrogen) atoms. The largest absolute Gasteiger partial charge is 0.465 e. The van der Waals surface area contributed by atoms with Crippen LogP contribution in [0, 0.1) is 0 Å². The second-order valence-electron chi connectivity index (χ2n) is 5.43. The molecule has 3 rings (SSSR count). The van der Waals surface area contributed by atoms with Crippen molar-refractivity contribution < 1.29 is 14.3 Å².